The van der Waals surface area contributed by atoms with Gasteiger partial charge in [0.15, 0.2) is 0 Å². The van der Waals surface area contributed by atoms with E-state index >= 15 is 0 Å². The van der Waals surface area contributed by atoms with Gasteiger partial charge in [0, 0.05) is 0 Å². The van der Waals surface area contributed by atoms with E-state index in [1.807, 2.05) is 0 Å². The molecule has 0 aromatic carbocycles. The molecule has 1 saturated heterocycles. The van der Waals surface area contributed by atoms with Crippen molar-refractivity contribution in [1.29, 1.82) is 0 Å². The second-order valence-electron chi connectivity index (χ2n) is 1.94. The van der Waals surface area contributed by atoms with Gasteiger partial charge < -0.3 is 0 Å². The molecule has 0 aromatic rings. The van der Waals surface area contributed by atoms with Gasteiger partial charge in [-0.2, -0.15) is 0 Å². The SMILES string of the molecule is [TeH][SiH]1CCCC1. The van der Waals surface area contributed by atoms with Gasteiger partial charge in [-0.3, -0.25) is 0 Å². The van der Waals surface area contributed by atoms with Gasteiger partial charge in [-0.1, -0.05) is 0 Å². The topological polar surface area (TPSA) is 0 Å². The van der Waals surface area contributed by atoms with Gasteiger partial charge in [0.05, 0.1) is 0 Å². The minimum absolute atomic E-state index is 0.000617. The first-order chi connectivity index (χ1) is 2.89. The van der Waals surface area contributed by atoms with Gasteiger partial charge in [-0.15, -0.1) is 0 Å². The van der Waals surface area contributed by atoms with E-state index < -0.39 is 0 Å². The molecule has 1 rings (SSSR count). The van der Waals surface area contributed by atoms with Crippen molar-refractivity contribution in [2.24, 2.45) is 0 Å². The van der Waals surface area contributed by atoms with Crippen LogP contribution >= 0.6 is 0 Å². The summed E-state index contributed by atoms with van der Waals surface area (Å²) in [6.07, 6.45) is 3.12. The molecule has 0 aromatic heterocycles. The fraction of sp³-hybridized carbons (Fsp3) is 1.00. The average molecular weight is 214 g/mol. The van der Waals surface area contributed by atoms with E-state index in [2.05, 4.69) is 21.5 Å². The molecular formula is C4H10SiTe. The van der Waals surface area contributed by atoms with Gasteiger partial charge in [0.25, 0.3) is 0 Å². The van der Waals surface area contributed by atoms with Crippen LogP contribution in [0.1, 0.15) is 12.8 Å². The summed E-state index contributed by atoms with van der Waals surface area (Å²) in [4.78, 5) is 0. The van der Waals surface area contributed by atoms with Gasteiger partial charge in [0.1, 0.15) is 0 Å². The molecule has 0 nitrogen and oxygen atoms in total. The molecule has 0 aliphatic carbocycles. The third-order valence-electron chi connectivity index (χ3n) is 1.32. The van der Waals surface area contributed by atoms with Crippen LogP contribution in [0.25, 0.3) is 0 Å². The second kappa shape index (κ2) is 2.35. The summed E-state index contributed by atoms with van der Waals surface area (Å²) in [6, 6.07) is 3.29. The average Bonchev–Trinajstić information content (AvgIpc) is 1.86. The Morgan fingerprint density at radius 3 is 1.83 bits per heavy atom. The quantitative estimate of drug-likeness (QED) is 0.512. The van der Waals surface area contributed by atoms with Crippen LogP contribution in [-0.2, 0) is 0 Å². The molecule has 1 heterocycles. The standard InChI is InChI=1S/C4H10SiTe/c6-5-3-1-2-4-5/h5-6H,1-4H2. The van der Waals surface area contributed by atoms with E-state index in [1.54, 1.807) is 24.9 Å². The van der Waals surface area contributed by atoms with Crippen LogP contribution in [0.5, 0.6) is 0 Å². The molecule has 1 fully saturated rings. The molecule has 0 unspecified atom stereocenters. The van der Waals surface area contributed by atoms with E-state index in [4.69, 9.17) is 0 Å². The number of hydrogen-bond acceptors (Lipinski definition) is 0. The summed E-state index contributed by atoms with van der Waals surface area (Å²) in [7, 11) is 0. The number of rotatable bonds is 0. The van der Waals surface area contributed by atoms with Crippen molar-refractivity contribution >= 4 is 27.9 Å². The molecule has 0 amide bonds. The van der Waals surface area contributed by atoms with Crippen LogP contribution < -0.4 is 0 Å². The van der Waals surface area contributed by atoms with Gasteiger partial charge in [-0.25, -0.2) is 0 Å². The molecule has 36 valence electrons. The zero-order valence-corrected chi connectivity index (χ0v) is 7.56. The normalized spacial score (nSPS) is 25.5. The summed E-state index contributed by atoms with van der Waals surface area (Å²) in [5, 5.41) is 0. The summed E-state index contributed by atoms with van der Waals surface area (Å²) in [5.41, 5.74) is 0. The maximum absolute atomic E-state index is 2.16. The molecule has 1 aliphatic heterocycles. The molecular weight excluding hydrogens is 204 g/mol. The van der Waals surface area contributed by atoms with E-state index in [9.17, 15) is 0 Å². The molecule has 0 atom stereocenters. The van der Waals surface area contributed by atoms with Crippen LogP contribution in [0.15, 0.2) is 0 Å². The van der Waals surface area contributed by atoms with Gasteiger partial charge in [-0.05, 0) is 0 Å². The van der Waals surface area contributed by atoms with Crippen molar-refractivity contribution in [2.45, 2.75) is 24.9 Å². The summed E-state index contributed by atoms with van der Waals surface area (Å²) in [6.45, 7) is 0. The Morgan fingerprint density at radius 2 is 1.67 bits per heavy atom. The first-order valence-electron chi connectivity index (χ1n) is 2.57. The maximum atomic E-state index is 2.16. The zero-order valence-electron chi connectivity index (χ0n) is 3.85. The van der Waals surface area contributed by atoms with Crippen LogP contribution in [0.2, 0.25) is 12.1 Å². The molecule has 0 spiro atoms. The molecule has 0 N–H and O–H groups in total. The molecule has 0 bridgehead atoms. The Labute approximate surface area is 52.9 Å². The van der Waals surface area contributed by atoms with Crippen molar-refractivity contribution < 1.29 is 0 Å². The Morgan fingerprint density at radius 1 is 1.17 bits per heavy atom. The third kappa shape index (κ3) is 1.25. The van der Waals surface area contributed by atoms with Crippen LogP contribution in [0.4, 0.5) is 0 Å². The van der Waals surface area contributed by atoms with Crippen LogP contribution in [0, 0.1) is 0 Å². The van der Waals surface area contributed by atoms with Crippen molar-refractivity contribution in [2.75, 3.05) is 0 Å². The minimum atomic E-state index is 0.000617. The van der Waals surface area contributed by atoms with Crippen LogP contribution in [0.3, 0.4) is 0 Å². The summed E-state index contributed by atoms with van der Waals surface area (Å²) in [5.74, 6) is 0. The van der Waals surface area contributed by atoms with E-state index in [-0.39, 0.29) is 6.34 Å². The van der Waals surface area contributed by atoms with E-state index in [1.165, 1.54) is 0 Å². The summed E-state index contributed by atoms with van der Waals surface area (Å²) >= 11 is 2.16. The Kier molecular flexibility index (Phi) is 2.02. The van der Waals surface area contributed by atoms with Crippen LogP contribution in [-0.4, -0.2) is 27.9 Å². The zero-order chi connectivity index (χ0) is 4.41. The van der Waals surface area contributed by atoms with Crippen molar-refractivity contribution in [1.82, 2.24) is 0 Å². The molecule has 1 aliphatic rings. The Hall–Kier alpha value is 1.01. The van der Waals surface area contributed by atoms with Crippen molar-refractivity contribution in [3.63, 3.8) is 0 Å². The molecule has 0 saturated carbocycles. The molecule has 2 heteroatoms. The van der Waals surface area contributed by atoms with E-state index in [0.29, 0.717) is 0 Å². The molecule has 0 radical (unpaired) electrons. The molecule has 6 heavy (non-hydrogen) atoms. The second-order valence-corrected chi connectivity index (χ2v) is 10.7. The predicted octanol–water partition coefficient (Wildman–Crippen LogP) is 0.405. The van der Waals surface area contributed by atoms with Crippen molar-refractivity contribution in [3.05, 3.63) is 0 Å². The monoisotopic (exact) mass is 216 g/mol. The predicted molar refractivity (Wildman–Crippen MR) is 33.1 cm³/mol. The summed E-state index contributed by atoms with van der Waals surface area (Å²) < 4.78 is 0. The van der Waals surface area contributed by atoms with Gasteiger partial charge in [0.2, 0.25) is 0 Å². The number of hydrogen-bond donors (Lipinski definition) is 0. The first-order valence-corrected chi connectivity index (χ1v) is 9.15. The van der Waals surface area contributed by atoms with Crippen molar-refractivity contribution in [3.8, 4) is 0 Å². The Balaban J connectivity index is 2.18. The fourth-order valence-electron chi connectivity index (χ4n) is 0.904. The Bertz CT molecular complexity index is 40.8. The van der Waals surface area contributed by atoms with Gasteiger partial charge >= 0.3 is 52.8 Å². The fourth-order valence-corrected chi connectivity index (χ4v) is 5.84. The first kappa shape index (κ1) is 5.15. The third-order valence-corrected chi connectivity index (χ3v) is 7.90. The van der Waals surface area contributed by atoms with E-state index in [0.717, 1.165) is 0 Å².